The Kier molecular flexibility index (Phi) is 5.46. The second-order valence-electron chi connectivity index (χ2n) is 7.19. The predicted molar refractivity (Wildman–Crippen MR) is 89.2 cm³/mol. The van der Waals surface area contributed by atoms with Crippen molar-refractivity contribution in [2.75, 3.05) is 26.2 Å². The molecule has 1 saturated heterocycles. The number of benzene rings is 1. The maximum Gasteiger partial charge on any atom is 0.225 e. The summed E-state index contributed by atoms with van der Waals surface area (Å²) in [6, 6.07) is 8.20. The van der Waals surface area contributed by atoms with Crippen molar-refractivity contribution in [1.82, 2.24) is 10.6 Å². The van der Waals surface area contributed by atoms with Crippen molar-refractivity contribution >= 4 is 5.91 Å². The van der Waals surface area contributed by atoms with Crippen LogP contribution in [0.15, 0.2) is 24.3 Å². The zero-order chi connectivity index (χ0) is 16.2. The number of hydrogen-bond acceptors (Lipinski definition) is 3. The van der Waals surface area contributed by atoms with Gasteiger partial charge in [-0.3, -0.25) is 4.79 Å². The van der Waals surface area contributed by atoms with E-state index in [1.54, 1.807) is 0 Å². The van der Waals surface area contributed by atoms with Crippen molar-refractivity contribution < 1.29 is 9.53 Å². The van der Waals surface area contributed by atoms with Gasteiger partial charge in [-0.25, -0.2) is 0 Å². The Morgan fingerprint density at radius 2 is 1.95 bits per heavy atom. The van der Waals surface area contributed by atoms with Gasteiger partial charge in [-0.2, -0.15) is 0 Å². The van der Waals surface area contributed by atoms with Crippen molar-refractivity contribution in [2.45, 2.75) is 33.1 Å². The standard InChI is InChI=1S/C18H28N2O2/c1-13(2)11-22-16-7-5-15(6-8-16)18(3,4)12-20-17(21)14-9-19-10-14/h5-8,13-14,19H,9-12H2,1-4H3,(H,20,21). The largest absolute Gasteiger partial charge is 0.493 e. The molecule has 22 heavy (non-hydrogen) atoms. The second-order valence-corrected chi connectivity index (χ2v) is 7.19. The van der Waals surface area contributed by atoms with Gasteiger partial charge in [0, 0.05) is 25.0 Å². The van der Waals surface area contributed by atoms with Crippen LogP contribution in [0.3, 0.4) is 0 Å². The number of ether oxygens (including phenoxy) is 1. The highest BCUT2D eigenvalue weighted by Gasteiger charge is 2.27. The van der Waals surface area contributed by atoms with E-state index in [0.717, 1.165) is 25.4 Å². The van der Waals surface area contributed by atoms with Crippen LogP contribution >= 0.6 is 0 Å². The number of amides is 1. The van der Waals surface area contributed by atoms with Crippen LogP contribution < -0.4 is 15.4 Å². The molecule has 0 unspecified atom stereocenters. The average molecular weight is 304 g/mol. The van der Waals surface area contributed by atoms with Gasteiger partial charge < -0.3 is 15.4 Å². The lowest BCUT2D eigenvalue weighted by atomic mass is 9.84. The van der Waals surface area contributed by atoms with Gasteiger partial charge in [0.1, 0.15) is 5.75 Å². The molecule has 2 rings (SSSR count). The van der Waals surface area contributed by atoms with Gasteiger partial charge >= 0.3 is 0 Å². The molecule has 1 aromatic carbocycles. The number of hydrogen-bond donors (Lipinski definition) is 2. The van der Waals surface area contributed by atoms with Gasteiger partial charge in [-0.15, -0.1) is 0 Å². The highest BCUT2D eigenvalue weighted by atomic mass is 16.5. The summed E-state index contributed by atoms with van der Waals surface area (Å²) in [6.07, 6.45) is 0. The third-order valence-corrected chi connectivity index (χ3v) is 4.08. The van der Waals surface area contributed by atoms with Crippen molar-refractivity contribution in [3.63, 3.8) is 0 Å². The first-order chi connectivity index (χ1) is 10.4. The van der Waals surface area contributed by atoms with E-state index in [0.29, 0.717) is 12.5 Å². The van der Waals surface area contributed by atoms with Crippen LogP contribution in [0.25, 0.3) is 0 Å². The van der Waals surface area contributed by atoms with E-state index in [9.17, 15) is 4.79 Å². The van der Waals surface area contributed by atoms with Crippen molar-refractivity contribution in [2.24, 2.45) is 11.8 Å². The lowest BCUT2D eigenvalue weighted by Crippen LogP contribution is -2.52. The molecule has 122 valence electrons. The van der Waals surface area contributed by atoms with Crippen LogP contribution in [0.2, 0.25) is 0 Å². The molecule has 0 saturated carbocycles. The van der Waals surface area contributed by atoms with Crippen LogP contribution in [0.5, 0.6) is 5.75 Å². The maximum atomic E-state index is 11.9. The molecule has 1 aliphatic rings. The van der Waals surface area contributed by atoms with Crippen LogP contribution in [0.4, 0.5) is 0 Å². The minimum Gasteiger partial charge on any atom is -0.493 e. The Balaban J connectivity index is 1.89. The van der Waals surface area contributed by atoms with Crippen LogP contribution in [0, 0.1) is 11.8 Å². The summed E-state index contributed by atoms with van der Waals surface area (Å²) in [5.41, 5.74) is 1.11. The van der Waals surface area contributed by atoms with E-state index >= 15 is 0 Å². The first kappa shape index (κ1) is 16.8. The first-order valence-electron chi connectivity index (χ1n) is 8.10. The summed E-state index contributed by atoms with van der Waals surface area (Å²) in [6.45, 7) is 11.5. The van der Waals surface area contributed by atoms with E-state index in [2.05, 4.69) is 50.5 Å². The third-order valence-electron chi connectivity index (χ3n) is 4.08. The van der Waals surface area contributed by atoms with E-state index in [1.807, 2.05) is 12.1 Å². The summed E-state index contributed by atoms with van der Waals surface area (Å²) >= 11 is 0. The Bertz CT molecular complexity index is 490. The molecule has 0 bridgehead atoms. The summed E-state index contributed by atoms with van der Waals surface area (Å²) in [7, 11) is 0. The number of carbonyl (C=O) groups excluding carboxylic acids is 1. The van der Waals surface area contributed by atoms with Gasteiger partial charge in [-0.1, -0.05) is 39.8 Å². The number of nitrogens with one attached hydrogen (secondary N) is 2. The van der Waals surface area contributed by atoms with Crippen LogP contribution in [-0.2, 0) is 10.2 Å². The monoisotopic (exact) mass is 304 g/mol. The van der Waals surface area contributed by atoms with Crippen molar-refractivity contribution in [3.8, 4) is 5.75 Å². The molecule has 1 heterocycles. The Morgan fingerprint density at radius 1 is 1.32 bits per heavy atom. The fourth-order valence-electron chi connectivity index (χ4n) is 2.29. The minimum absolute atomic E-state index is 0.0938. The van der Waals surface area contributed by atoms with Gasteiger partial charge in [0.2, 0.25) is 5.91 Å². The quantitative estimate of drug-likeness (QED) is 0.813. The van der Waals surface area contributed by atoms with Gasteiger partial charge in [0.25, 0.3) is 0 Å². The number of rotatable bonds is 7. The summed E-state index contributed by atoms with van der Waals surface area (Å²) in [4.78, 5) is 11.9. The predicted octanol–water partition coefficient (Wildman–Crippen LogP) is 2.33. The molecule has 0 spiro atoms. The topological polar surface area (TPSA) is 50.4 Å². The maximum absolute atomic E-state index is 11.9. The minimum atomic E-state index is -0.0938. The molecule has 1 aromatic rings. The molecule has 0 aromatic heterocycles. The lowest BCUT2D eigenvalue weighted by molar-refractivity contribution is -0.126. The van der Waals surface area contributed by atoms with Crippen molar-refractivity contribution in [3.05, 3.63) is 29.8 Å². The molecule has 2 N–H and O–H groups in total. The van der Waals surface area contributed by atoms with Gasteiger partial charge in [-0.05, 0) is 23.6 Å². The highest BCUT2D eigenvalue weighted by Crippen LogP contribution is 2.25. The van der Waals surface area contributed by atoms with E-state index in [1.165, 1.54) is 5.56 Å². The van der Waals surface area contributed by atoms with E-state index < -0.39 is 0 Å². The van der Waals surface area contributed by atoms with Crippen LogP contribution in [-0.4, -0.2) is 32.1 Å². The number of carbonyl (C=O) groups is 1. The molecule has 1 fully saturated rings. The summed E-state index contributed by atoms with van der Waals surface area (Å²) < 4.78 is 5.71. The smallest absolute Gasteiger partial charge is 0.225 e. The molecular weight excluding hydrogens is 276 g/mol. The highest BCUT2D eigenvalue weighted by molar-refractivity contribution is 5.80. The zero-order valence-corrected chi connectivity index (χ0v) is 14.1. The zero-order valence-electron chi connectivity index (χ0n) is 14.1. The summed E-state index contributed by atoms with van der Waals surface area (Å²) in [5.74, 6) is 1.72. The molecule has 4 nitrogen and oxygen atoms in total. The van der Waals surface area contributed by atoms with Crippen LogP contribution in [0.1, 0.15) is 33.3 Å². The molecule has 4 heteroatoms. The Morgan fingerprint density at radius 3 is 2.45 bits per heavy atom. The Labute approximate surface area is 133 Å². The second kappa shape index (κ2) is 7.14. The molecule has 1 amide bonds. The van der Waals surface area contributed by atoms with Gasteiger partial charge in [0.05, 0.1) is 12.5 Å². The fourth-order valence-corrected chi connectivity index (χ4v) is 2.29. The first-order valence-corrected chi connectivity index (χ1v) is 8.10. The summed E-state index contributed by atoms with van der Waals surface area (Å²) in [5, 5.41) is 6.19. The average Bonchev–Trinajstić information content (AvgIpc) is 2.42. The molecular formula is C18H28N2O2. The lowest BCUT2D eigenvalue weighted by Gasteiger charge is -2.30. The Hall–Kier alpha value is -1.55. The molecule has 0 radical (unpaired) electrons. The third kappa shape index (κ3) is 4.47. The van der Waals surface area contributed by atoms with Gasteiger partial charge in [0.15, 0.2) is 0 Å². The molecule has 0 atom stereocenters. The van der Waals surface area contributed by atoms with E-state index in [4.69, 9.17) is 4.74 Å². The molecule has 1 aliphatic heterocycles. The normalized spacial score (nSPS) is 15.5. The SMILES string of the molecule is CC(C)COc1ccc(C(C)(C)CNC(=O)C2CNC2)cc1. The van der Waals surface area contributed by atoms with E-state index in [-0.39, 0.29) is 17.2 Å². The fraction of sp³-hybridized carbons (Fsp3) is 0.611. The van der Waals surface area contributed by atoms with Crippen molar-refractivity contribution in [1.29, 1.82) is 0 Å². The molecule has 0 aliphatic carbocycles.